The highest BCUT2D eigenvalue weighted by Crippen LogP contribution is 2.38. The van der Waals surface area contributed by atoms with Crippen molar-refractivity contribution in [2.75, 3.05) is 25.2 Å². The zero-order chi connectivity index (χ0) is 22.6. The van der Waals surface area contributed by atoms with Crippen molar-refractivity contribution in [3.05, 3.63) is 61.3 Å². The lowest BCUT2D eigenvalue weighted by Gasteiger charge is -2.24. The summed E-state index contributed by atoms with van der Waals surface area (Å²) in [6, 6.07) is 7.31. The highest BCUT2D eigenvalue weighted by molar-refractivity contribution is 6.05. The Morgan fingerprint density at radius 3 is 2.74 bits per heavy atom. The number of hydrogen-bond donors (Lipinski definition) is 0. The number of methoxy groups -OCH3 is 1. The van der Waals surface area contributed by atoms with Gasteiger partial charge in [-0.25, -0.2) is 0 Å². The van der Waals surface area contributed by atoms with E-state index in [1.165, 1.54) is 0 Å². The van der Waals surface area contributed by atoms with Gasteiger partial charge >= 0.3 is 0 Å². The van der Waals surface area contributed by atoms with Crippen molar-refractivity contribution in [1.82, 2.24) is 10.1 Å². The first-order valence-electron chi connectivity index (χ1n) is 10.6. The van der Waals surface area contributed by atoms with Gasteiger partial charge in [-0.2, -0.15) is 4.98 Å². The molecule has 31 heavy (non-hydrogen) atoms. The number of rotatable bonds is 12. The Bertz CT molecular complexity index is 848. The fourth-order valence-corrected chi connectivity index (χ4v) is 3.14. The molecule has 1 aromatic heterocycles. The molecule has 3 rings (SSSR count). The zero-order valence-electron chi connectivity index (χ0n) is 18.3. The Balaban J connectivity index is 0.00000166. The fourth-order valence-electron chi connectivity index (χ4n) is 3.14. The molecule has 6 nitrogen and oxygen atoms in total. The van der Waals surface area contributed by atoms with Crippen molar-refractivity contribution < 1.29 is 18.4 Å². The van der Waals surface area contributed by atoms with Crippen LogP contribution in [-0.2, 0) is 11.2 Å². The molecule has 0 spiro atoms. The number of aromatic nitrogens is 2. The first-order chi connectivity index (χ1) is 15.1. The van der Waals surface area contributed by atoms with Crippen LogP contribution in [-0.4, -0.2) is 36.4 Å². The van der Waals surface area contributed by atoms with E-state index in [2.05, 4.69) is 29.9 Å². The van der Waals surface area contributed by atoms with Crippen molar-refractivity contribution in [1.29, 1.82) is 0 Å². The van der Waals surface area contributed by atoms with Crippen LogP contribution in [0.5, 0.6) is 5.75 Å². The molecule has 1 aromatic carbocycles. The average molecular weight is 430 g/mol. The summed E-state index contributed by atoms with van der Waals surface area (Å²) >= 11 is 0. The Kier molecular flexibility index (Phi) is 9.94. The Hall–Kier alpha value is -2.96. The second-order valence-corrected chi connectivity index (χ2v) is 7.33. The molecular weight excluding hydrogens is 397 g/mol. The number of amides is 1. The molecule has 0 radical (unpaired) electrons. The molecule has 1 aliphatic rings. The third kappa shape index (κ3) is 7.35. The summed E-state index contributed by atoms with van der Waals surface area (Å²) in [7, 11) is 1.58. The van der Waals surface area contributed by atoms with Gasteiger partial charge < -0.3 is 14.2 Å². The minimum Gasteiger partial charge on any atom is -0.497 e. The third-order valence-electron chi connectivity index (χ3n) is 5.01. The Labute approximate surface area is 183 Å². The van der Waals surface area contributed by atoms with Crippen LogP contribution >= 0.6 is 0 Å². The predicted octanol–water partition coefficient (Wildman–Crippen LogP) is 5.42. The predicted molar refractivity (Wildman–Crippen MR) is 120 cm³/mol. The smallest absolute Gasteiger partial charge is 0.253 e. The summed E-state index contributed by atoms with van der Waals surface area (Å²) in [4.78, 5) is 18.9. The molecule has 168 valence electrons. The van der Waals surface area contributed by atoms with Crippen molar-refractivity contribution in [3.8, 4) is 5.75 Å². The van der Waals surface area contributed by atoms with E-state index in [1.54, 1.807) is 18.1 Å². The molecule has 1 aliphatic carbocycles. The lowest BCUT2D eigenvalue weighted by molar-refractivity contribution is -0.115. The molecule has 0 aliphatic heterocycles. The van der Waals surface area contributed by atoms with Crippen LogP contribution < -0.4 is 9.64 Å². The number of unbranched alkanes of at least 4 members (excludes halogenated alkanes) is 2. The van der Waals surface area contributed by atoms with Crippen LogP contribution in [0.1, 0.15) is 56.2 Å². The number of alkyl halides is 1. The lowest BCUT2D eigenvalue weighted by Crippen LogP contribution is -2.33. The molecule has 0 saturated heterocycles. The number of anilines is 1. The summed E-state index contributed by atoms with van der Waals surface area (Å²) in [5.41, 5.74) is 0.995. The fraction of sp³-hybridized carbons (Fsp3) is 0.458. The summed E-state index contributed by atoms with van der Waals surface area (Å²) < 4.78 is 23.2. The molecule has 1 amide bonds. The van der Waals surface area contributed by atoms with Crippen molar-refractivity contribution >= 4 is 11.6 Å². The van der Waals surface area contributed by atoms with E-state index in [-0.39, 0.29) is 17.9 Å². The highest BCUT2D eigenvalue weighted by atomic mass is 19.1. The van der Waals surface area contributed by atoms with Crippen LogP contribution in [0.2, 0.25) is 0 Å². The maximum Gasteiger partial charge on any atom is 0.253 e. The van der Waals surface area contributed by atoms with Gasteiger partial charge in [-0.3, -0.25) is 9.18 Å². The van der Waals surface area contributed by atoms with Gasteiger partial charge in [-0.1, -0.05) is 24.2 Å². The largest absolute Gasteiger partial charge is 0.497 e. The summed E-state index contributed by atoms with van der Waals surface area (Å²) in [6.07, 6.45) is 5.70. The number of carbonyl (C=O) groups excluding carboxylic acids is 1. The van der Waals surface area contributed by atoms with E-state index in [9.17, 15) is 9.18 Å². The molecule has 0 bridgehead atoms. The third-order valence-corrected chi connectivity index (χ3v) is 5.01. The second kappa shape index (κ2) is 12.7. The highest BCUT2D eigenvalue weighted by Gasteiger charge is 2.28. The van der Waals surface area contributed by atoms with E-state index in [0.29, 0.717) is 24.1 Å². The van der Waals surface area contributed by atoms with E-state index >= 15 is 0 Å². The summed E-state index contributed by atoms with van der Waals surface area (Å²) in [5, 5.41) is 4.03. The summed E-state index contributed by atoms with van der Waals surface area (Å²) in [6.45, 7) is 9.68. The molecular formula is C24H32FN3O3. The molecule has 0 atom stereocenters. The van der Waals surface area contributed by atoms with Gasteiger partial charge in [0, 0.05) is 42.6 Å². The molecule has 1 saturated carbocycles. The number of nitrogens with zero attached hydrogens (tertiary/aromatic N) is 3. The minimum atomic E-state index is -0.594. The van der Waals surface area contributed by atoms with Crippen molar-refractivity contribution in [3.63, 3.8) is 0 Å². The quantitative estimate of drug-likeness (QED) is 0.256. The van der Waals surface area contributed by atoms with Crippen LogP contribution in [0.3, 0.4) is 0 Å². The van der Waals surface area contributed by atoms with Crippen molar-refractivity contribution in [2.24, 2.45) is 0 Å². The zero-order valence-corrected chi connectivity index (χ0v) is 18.3. The normalized spacial score (nSPS) is 12.6. The lowest BCUT2D eigenvalue weighted by atomic mass is 10.1. The van der Waals surface area contributed by atoms with Crippen LogP contribution in [0.25, 0.3) is 0 Å². The van der Waals surface area contributed by atoms with Crippen LogP contribution in [0.4, 0.5) is 10.1 Å². The van der Waals surface area contributed by atoms with E-state index in [1.807, 2.05) is 18.2 Å². The van der Waals surface area contributed by atoms with Crippen LogP contribution in [0, 0.1) is 0 Å². The SMILES string of the molecule is C=C.C=C(CCF)C(=O)N(CCCCCc1nc(C2CC2)no1)c1cccc(OC)c1. The minimum absolute atomic E-state index is 0.0415. The van der Waals surface area contributed by atoms with Gasteiger partial charge in [-0.15, -0.1) is 13.2 Å². The summed E-state index contributed by atoms with van der Waals surface area (Å²) in [5.74, 6) is 2.43. The Morgan fingerprint density at radius 1 is 1.29 bits per heavy atom. The molecule has 0 unspecified atom stereocenters. The molecule has 7 heteroatoms. The first-order valence-corrected chi connectivity index (χ1v) is 10.6. The first kappa shape index (κ1) is 24.3. The van der Waals surface area contributed by atoms with E-state index in [0.717, 1.165) is 50.0 Å². The monoisotopic (exact) mass is 429 g/mol. The standard InChI is InChI=1S/C22H28FN3O3.C2H4/c1-16(12-13-23)22(27)26(18-7-6-8-19(15-18)28-2)14-5-3-4-9-20-24-21(25-29-20)17-10-11-17;1-2/h6-8,15,17H,1,3-5,9-14H2,2H3;1-2H2. The molecule has 0 N–H and O–H groups in total. The molecule has 1 heterocycles. The second-order valence-electron chi connectivity index (χ2n) is 7.33. The number of benzene rings is 1. The van der Waals surface area contributed by atoms with Crippen LogP contribution in [0.15, 0.2) is 54.1 Å². The van der Waals surface area contributed by atoms with Gasteiger partial charge in [0.15, 0.2) is 5.82 Å². The average Bonchev–Trinajstić information content (AvgIpc) is 3.55. The topological polar surface area (TPSA) is 68.5 Å². The van der Waals surface area contributed by atoms with E-state index < -0.39 is 6.67 Å². The number of halogens is 1. The molecule has 1 fully saturated rings. The van der Waals surface area contributed by atoms with Gasteiger partial charge in [0.1, 0.15) is 5.75 Å². The van der Waals surface area contributed by atoms with E-state index in [4.69, 9.17) is 9.26 Å². The number of aryl methyl sites for hydroxylation is 1. The Morgan fingerprint density at radius 2 is 2.06 bits per heavy atom. The maximum absolute atomic E-state index is 12.8. The number of hydrogen-bond acceptors (Lipinski definition) is 5. The number of ether oxygens (including phenoxy) is 1. The van der Waals surface area contributed by atoms with Gasteiger partial charge in [-0.05, 0) is 37.8 Å². The maximum atomic E-state index is 12.8. The van der Waals surface area contributed by atoms with Gasteiger partial charge in [0.2, 0.25) is 5.89 Å². The molecule has 2 aromatic rings. The van der Waals surface area contributed by atoms with Gasteiger partial charge in [0.05, 0.1) is 13.8 Å². The van der Waals surface area contributed by atoms with Crippen molar-refractivity contribution in [2.45, 2.75) is 50.9 Å². The number of carbonyl (C=O) groups is 1. The van der Waals surface area contributed by atoms with Gasteiger partial charge in [0.25, 0.3) is 5.91 Å².